The van der Waals surface area contributed by atoms with Crippen molar-refractivity contribution < 1.29 is 14.4 Å². The summed E-state index contributed by atoms with van der Waals surface area (Å²) in [5.41, 5.74) is 2.08. The van der Waals surface area contributed by atoms with Gasteiger partial charge in [0.1, 0.15) is 0 Å². The minimum absolute atomic E-state index is 0.166. The van der Waals surface area contributed by atoms with Crippen LogP contribution in [0, 0.1) is 0 Å². The summed E-state index contributed by atoms with van der Waals surface area (Å²) in [5, 5.41) is 2.36. The van der Waals surface area contributed by atoms with Gasteiger partial charge in [-0.15, -0.1) is 0 Å². The first-order valence-corrected chi connectivity index (χ1v) is 4.36. The van der Waals surface area contributed by atoms with Crippen LogP contribution in [0.2, 0.25) is 0 Å². The molecule has 2 amide bonds. The third kappa shape index (κ3) is 4.61. The summed E-state index contributed by atoms with van der Waals surface area (Å²) < 4.78 is 0. The van der Waals surface area contributed by atoms with Crippen LogP contribution in [-0.4, -0.2) is 42.5 Å². The molecule has 0 rings (SSSR count). The lowest BCUT2D eigenvalue weighted by molar-refractivity contribution is -0.122. The molecule has 0 atom stereocenters. The zero-order valence-corrected chi connectivity index (χ0v) is 9.10. The fourth-order valence-corrected chi connectivity index (χ4v) is 0.744. The van der Waals surface area contributed by atoms with Crippen LogP contribution in [0.1, 0.15) is 6.92 Å². The SMILES string of the molecule is CCNC(=O)ONC(=S)C(=O)N(C)C. The van der Waals surface area contributed by atoms with E-state index in [-0.39, 0.29) is 4.99 Å². The quantitative estimate of drug-likeness (QED) is 0.466. The Labute approximate surface area is 87.5 Å². The zero-order valence-electron chi connectivity index (χ0n) is 8.29. The van der Waals surface area contributed by atoms with E-state index in [1.165, 1.54) is 4.90 Å². The van der Waals surface area contributed by atoms with Crippen molar-refractivity contribution in [2.75, 3.05) is 20.6 Å². The van der Waals surface area contributed by atoms with Gasteiger partial charge >= 0.3 is 6.09 Å². The molecule has 2 N–H and O–H groups in total. The van der Waals surface area contributed by atoms with Crippen LogP contribution < -0.4 is 10.8 Å². The highest BCUT2D eigenvalue weighted by molar-refractivity contribution is 7.82. The molecule has 0 aromatic rings. The van der Waals surface area contributed by atoms with Crippen LogP contribution in [0.25, 0.3) is 0 Å². The molecule has 0 heterocycles. The molecule has 0 aliphatic rings. The van der Waals surface area contributed by atoms with E-state index in [2.05, 4.69) is 27.9 Å². The first-order valence-electron chi connectivity index (χ1n) is 3.95. The Bertz CT molecular complexity index is 242. The molecule has 6 nitrogen and oxygen atoms in total. The third-order valence-corrected chi connectivity index (χ3v) is 1.42. The van der Waals surface area contributed by atoms with Crippen molar-refractivity contribution in [3.8, 4) is 0 Å². The van der Waals surface area contributed by atoms with Gasteiger partial charge in [0.05, 0.1) is 0 Å². The van der Waals surface area contributed by atoms with E-state index >= 15 is 0 Å². The number of hydrogen-bond donors (Lipinski definition) is 2. The average molecular weight is 219 g/mol. The lowest BCUT2D eigenvalue weighted by Gasteiger charge is -2.11. The van der Waals surface area contributed by atoms with Gasteiger partial charge in [0.2, 0.25) is 0 Å². The van der Waals surface area contributed by atoms with Crippen molar-refractivity contribution >= 4 is 29.2 Å². The van der Waals surface area contributed by atoms with Gasteiger partial charge in [-0.3, -0.25) is 4.79 Å². The van der Waals surface area contributed by atoms with Crippen molar-refractivity contribution in [3.63, 3.8) is 0 Å². The number of amides is 2. The summed E-state index contributed by atoms with van der Waals surface area (Å²) in [5.74, 6) is -0.427. The normalized spacial score (nSPS) is 8.79. The minimum Gasteiger partial charge on any atom is -0.343 e. The lowest BCUT2D eigenvalue weighted by atomic mass is 10.6. The van der Waals surface area contributed by atoms with E-state index in [0.29, 0.717) is 6.54 Å². The number of hydroxylamine groups is 1. The molecule has 0 unspecified atom stereocenters. The van der Waals surface area contributed by atoms with E-state index in [1.807, 2.05) is 0 Å². The molecule has 0 fully saturated rings. The van der Waals surface area contributed by atoms with Crippen molar-refractivity contribution in [2.45, 2.75) is 6.92 Å². The van der Waals surface area contributed by atoms with Crippen LogP contribution in [0.5, 0.6) is 0 Å². The van der Waals surface area contributed by atoms with E-state index in [0.717, 1.165) is 0 Å². The maximum absolute atomic E-state index is 11.1. The summed E-state index contributed by atoms with van der Waals surface area (Å²) in [6, 6.07) is 0. The van der Waals surface area contributed by atoms with Crippen LogP contribution in [0.15, 0.2) is 0 Å². The van der Waals surface area contributed by atoms with Gasteiger partial charge in [-0.1, -0.05) is 12.2 Å². The van der Waals surface area contributed by atoms with Crippen LogP contribution in [0.3, 0.4) is 0 Å². The molecule has 0 aliphatic heterocycles. The molecular formula is C7H13N3O3S. The van der Waals surface area contributed by atoms with Crippen LogP contribution in [0.4, 0.5) is 4.79 Å². The third-order valence-electron chi connectivity index (χ3n) is 1.16. The molecule has 14 heavy (non-hydrogen) atoms. The van der Waals surface area contributed by atoms with E-state index in [1.54, 1.807) is 21.0 Å². The fourth-order valence-electron chi connectivity index (χ4n) is 0.520. The highest BCUT2D eigenvalue weighted by Gasteiger charge is 2.12. The molecule has 0 aromatic heterocycles. The number of hydrogen-bond acceptors (Lipinski definition) is 4. The molecular weight excluding hydrogens is 206 g/mol. The lowest BCUT2D eigenvalue weighted by Crippen LogP contribution is -2.40. The van der Waals surface area contributed by atoms with Crippen molar-refractivity contribution in [3.05, 3.63) is 0 Å². The van der Waals surface area contributed by atoms with Gasteiger partial charge in [-0.2, -0.15) is 0 Å². The standard InChI is InChI=1S/C7H13N3O3S/c1-4-8-7(12)13-9-5(14)6(11)10(2)3/h4H2,1-3H3,(H,8,12)(H,9,14). The molecule has 80 valence electrons. The van der Waals surface area contributed by atoms with E-state index in [9.17, 15) is 9.59 Å². The Kier molecular flexibility index (Phi) is 5.54. The monoisotopic (exact) mass is 219 g/mol. The Morgan fingerprint density at radius 2 is 2.00 bits per heavy atom. The maximum atomic E-state index is 11.1. The van der Waals surface area contributed by atoms with Gasteiger partial charge in [0.25, 0.3) is 5.91 Å². The molecule has 0 aliphatic carbocycles. The summed E-state index contributed by atoms with van der Waals surface area (Å²) in [4.78, 5) is 27.4. The van der Waals surface area contributed by atoms with E-state index < -0.39 is 12.0 Å². The summed E-state index contributed by atoms with van der Waals surface area (Å²) in [7, 11) is 3.09. The fraction of sp³-hybridized carbons (Fsp3) is 0.571. The average Bonchev–Trinajstić information content (AvgIpc) is 2.13. The van der Waals surface area contributed by atoms with Crippen LogP contribution in [-0.2, 0) is 9.63 Å². The summed E-state index contributed by atoms with van der Waals surface area (Å²) in [6.45, 7) is 2.18. The van der Waals surface area contributed by atoms with Gasteiger partial charge in [0, 0.05) is 20.6 Å². The summed E-state index contributed by atoms with van der Waals surface area (Å²) >= 11 is 4.65. The second-order valence-corrected chi connectivity index (χ2v) is 2.96. The predicted molar refractivity (Wildman–Crippen MR) is 54.6 cm³/mol. The first kappa shape index (κ1) is 12.6. The highest BCUT2D eigenvalue weighted by atomic mass is 32.1. The van der Waals surface area contributed by atoms with Crippen molar-refractivity contribution in [1.29, 1.82) is 0 Å². The number of carbonyl (C=O) groups is 2. The number of thiocarbonyl (C=S) groups is 1. The number of carbonyl (C=O) groups excluding carboxylic acids is 2. The number of nitrogens with zero attached hydrogens (tertiary/aromatic N) is 1. The number of nitrogens with one attached hydrogen (secondary N) is 2. The van der Waals surface area contributed by atoms with Crippen LogP contribution >= 0.6 is 12.2 Å². The van der Waals surface area contributed by atoms with Gasteiger partial charge in [0.15, 0.2) is 4.99 Å². The largest absolute Gasteiger partial charge is 0.431 e. The maximum Gasteiger partial charge on any atom is 0.431 e. The summed E-state index contributed by atoms with van der Waals surface area (Å²) in [6.07, 6.45) is -0.679. The molecule has 0 saturated carbocycles. The predicted octanol–water partition coefficient (Wildman–Crippen LogP) is -0.347. The Hall–Kier alpha value is -1.37. The topological polar surface area (TPSA) is 70.7 Å². The van der Waals surface area contributed by atoms with Crippen molar-refractivity contribution in [2.24, 2.45) is 0 Å². The molecule has 0 spiro atoms. The highest BCUT2D eigenvalue weighted by Crippen LogP contribution is 1.83. The zero-order chi connectivity index (χ0) is 11.1. The molecule has 0 saturated heterocycles. The molecule has 0 bridgehead atoms. The first-order chi connectivity index (χ1) is 6.49. The second-order valence-electron chi connectivity index (χ2n) is 2.55. The Balaban J connectivity index is 3.85. The Morgan fingerprint density at radius 3 is 2.43 bits per heavy atom. The molecule has 7 heteroatoms. The van der Waals surface area contributed by atoms with E-state index in [4.69, 9.17) is 0 Å². The molecule has 0 aromatic carbocycles. The minimum atomic E-state index is -0.679. The van der Waals surface area contributed by atoms with Gasteiger partial charge in [-0.25, -0.2) is 10.3 Å². The van der Waals surface area contributed by atoms with Gasteiger partial charge in [-0.05, 0) is 6.92 Å². The van der Waals surface area contributed by atoms with Gasteiger partial charge < -0.3 is 15.1 Å². The smallest absolute Gasteiger partial charge is 0.343 e. The second kappa shape index (κ2) is 6.14. The van der Waals surface area contributed by atoms with Crippen molar-refractivity contribution in [1.82, 2.24) is 15.7 Å². The number of rotatable bonds is 1. The number of likely N-dealkylation sites (N-methyl/N-ethyl adjacent to an activating group) is 1. The Morgan fingerprint density at radius 1 is 1.43 bits per heavy atom. The molecule has 0 radical (unpaired) electrons.